The van der Waals surface area contributed by atoms with Gasteiger partial charge >= 0.3 is 0 Å². The van der Waals surface area contributed by atoms with Crippen LogP contribution in [0.2, 0.25) is 5.02 Å². The van der Waals surface area contributed by atoms with Crippen molar-refractivity contribution < 1.29 is 48.9 Å². The third kappa shape index (κ3) is 8.41. The second-order valence-corrected chi connectivity index (χ2v) is 6.97. The summed E-state index contributed by atoms with van der Waals surface area (Å²) >= 11 is 6.04. The summed E-state index contributed by atoms with van der Waals surface area (Å²) in [4.78, 5) is 1.47. The van der Waals surface area contributed by atoms with Gasteiger partial charge in [0.1, 0.15) is 19.0 Å². The minimum Gasteiger partial charge on any atom is -1.00 e. The summed E-state index contributed by atoms with van der Waals surface area (Å²) in [6.07, 6.45) is 1.18. The topological polar surface area (TPSA) is 39.5 Å². The molecule has 4 nitrogen and oxygen atoms in total. The predicted molar refractivity (Wildman–Crippen MR) is 102 cm³/mol. The Morgan fingerprint density at radius 2 is 1.86 bits per heavy atom. The lowest BCUT2D eigenvalue weighted by molar-refractivity contribution is -0.860. The molecule has 2 aromatic carbocycles. The fourth-order valence-corrected chi connectivity index (χ4v) is 2.86. The smallest absolute Gasteiger partial charge is 0.161 e. The fourth-order valence-electron chi connectivity index (χ4n) is 2.65. The van der Waals surface area contributed by atoms with Crippen LogP contribution in [0, 0.1) is 5.82 Å². The van der Waals surface area contributed by atoms with E-state index < -0.39 is 0 Å². The number of hydrogen-bond donors (Lipinski definition) is 2. The number of methoxy groups -OCH3 is 1. The zero-order valence-electron chi connectivity index (χ0n) is 16.4. The first kappa shape index (κ1) is 26.8. The highest BCUT2D eigenvalue weighted by atomic mass is 35.5. The molecule has 158 valence electrons. The Morgan fingerprint density at radius 3 is 2.50 bits per heavy atom. The summed E-state index contributed by atoms with van der Waals surface area (Å²) in [5.41, 5.74) is 1.51. The first-order chi connectivity index (χ1) is 12.5. The summed E-state index contributed by atoms with van der Waals surface area (Å²) in [5, 5.41) is 2.65. The van der Waals surface area contributed by atoms with Crippen LogP contribution in [0.1, 0.15) is 17.5 Å². The first-order valence-corrected chi connectivity index (χ1v) is 9.22. The van der Waals surface area contributed by atoms with E-state index in [1.807, 2.05) is 18.2 Å². The monoisotopic (exact) mass is 452 g/mol. The van der Waals surface area contributed by atoms with E-state index in [1.54, 1.807) is 19.2 Å². The normalized spacial score (nSPS) is 10.2. The van der Waals surface area contributed by atoms with Crippen LogP contribution in [0.4, 0.5) is 4.39 Å². The molecule has 2 rings (SSSR count). The van der Waals surface area contributed by atoms with Gasteiger partial charge in [0.15, 0.2) is 11.5 Å². The van der Waals surface area contributed by atoms with E-state index in [4.69, 9.17) is 21.1 Å². The molecule has 0 atom stereocenters. The second-order valence-electron chi connectivity index (χ2n) is 6.57. The van der Waals surface area contributed by atoms with Crippen molar-refractivity contribution in [3.05, 3.63) is 58.4 Å². The molecule has 0 unspecified atom stereocenters. The molecule has 0 aliphatic heterocycles. The number of halogens is 4. The molecule has 0 bridgehead atoms. The Hall–Kier alpha value is -1.24. The van der Waals surface area contributed by atoms with Crippen LogP contribution in [-0.4, -0.2) is 34.3 Å². The Balaban J connectivity index is 0.00000364. The van der Waals surface area contributed by atoms with E-state index in [1.165, 1.54) is 23.9 Å². The summed E-state index contributed by atoms with van der Waals surface area (Å²) < 4.78 is 25.0. The van der Waals surface area contributed by atoms with Crippen molar-refractivity contribution in [2.24, 2.45) is 0 Å². The van der Waals surface area contributed by atoms with Gasteiger partial charge in [-0.2, -0.15) is 0 Å². The van der Waals surface area contributed by atoms with Crippen molar-refractivity contribution >= 4 is 11.6 Å². The van der Waals surface area contributed by atoms with Gasteiger partial charge in [-0.25, -0.2) is 4.39 Å². The van der Waals surface area contributed by atoms with Gasteiger partial charge in [-0.15, -0.1) is 0 Å². The molecule has 0 aromatic heterocycles. The Bertz CT molecular complexity index is 698. The molecule has 0 spiro atoms. The van der Waals surface area contributed by atoms with E-state index in [-0.39, 0.29) is 37.2 Å². The van der Waals surface area contributed by atoms with Gasteiger partial charge in [-0.3, -0.25) is 0 Å². The van der Waals surface area contributed by atoms with Gasteiger partial charge in [-0.05, 0) is 30.3 Å². The van der Waals surface area contributed by atoms with E-state index in [0.717, 1.165) is 18.7 Å². The average molecular weight is 454 g/mol. The van der Waals surface area contributed by atoms with Crippen molar-refractivity contribution in [2.75, 3.05) is 34.3 Å². The fraction of sp³-hybridized carbons (Fsp3) is 0.400. The maximum absolute atomic E-state index is 13.9. The maximum atomic E-state index is 13.9. The van der Waals surface area contributed by atoms with E-state index >= 15 is 0 Å². The van der Waals surface area contributed by atoms with Crippen molar-refractivity contribution in [3.8, 4) is 11.5 Å². The summed E-state index contributed by atoms with van der Waals surface area (Å²) in [6, 6.07) is 10.4. The molecule has 3 N–H and O–H groups in total. The number of quaternary nitrogens is 2. The molecule has 0 aliphatic carbocycles. The number of ether oxygens (including phenoxy) is 2. The number of nitrogens with one attached hydrogen (secondary N) is 1. The molecular weight excluding hydrogens is 426 g/mol. The van der Waals surface area contributed by atoms with E-state index in [2.05, 4.69) is 19.4 Å². The van der Waals surface area contributed by atoms with Gasteiger partial charge in [0.05, 0.1) is 39.3 Å². The average Bonchev–Trinajstić information content (AvgIpc) is 2.61. The molecule has 0 fully saturated rings. The first-order valence-electron chi connectivity index (χ1n) is 8.84. The molecule has 0 saturated heterocycles. The van der Waals surface area contributed by atoms with Crippen LogP contribution >= 0.6 is 11.6 Å². The summed E-state index contributed by atoms with van der Waals surface area (Å²) in [7, 11) is 5.93. The molecular formula is C20H28Cl3FN2O2. The largest absolute Gasteiger partial charge is 1.00 e. The maximum Gasteiger partial charge on any atom is 0.161 e. The van der Waals surface area contributed by atoms with Gasteiger partial charge in [0, 0.05) is 17.5 Å². The van der Waals surface area contributed by atoms with Gasteiger partial charge in [-0.1, -0.05) is 17.7 Å². The molecule has 0 amide bonds. The van der Waals surface area contributed by atoms with Gasteiger partial charge in [0.25, 0.3) is 0 Å². The molecule has 8 heteroatoms. The predicted octanol–water partition coefficient (Wildman–Crippen LogP) is -4.33. The molecule has 0 aliphatic rings. The number of hydrogen-bond acceptors (Lipinski definition) is 2. The number of nitrogens with two attached hydrogens (primary N) is 1. The van der Waals surface area contributed by atoms with Crippen LogP contribution < -0.4 is 44.5 Å². The van der Waals surface area contributed by atoms with Gasteiger partial charge in [0.2, 0.25) is 0 Å². The lowest BCUT2D eigenvalue weighted by Gasteiger charge is -2.13. The van der Waals surface area contributed by atoms with Crippen LogP contribution in [0.3, 0.4) is 0 Å². The standard InChI is InChI=1S/C20H26ClFN2O2.2ClH/c1-24(2)11-5-10-23-13-15-8-9-19(20(12-15)25-3)26-14-16-17(21)6-4-7-18(16)22;;/h4,6-9,12,23H,5,10-11,13-14H2,1-3H3;2*1H. The van der Waals surface area contributed by atoms with Crippen molar-refractivity contribution in [3.63, 3.8) is 0 Å². The van der Waals surface area contributed by atoms with E-state index in [0.29, 0.717) is 22.1 Å². The lowest BCUT2D eigenvalue weighted by atomic mass is 10.2. The number of rotatable bonds is 10. The minimum atomic E-state index is -0.373. The highest BCUT2D eigenvalue weighted by molar-refractivity contribution is 6.31. The third-order valence-corrected chi connectivity index (χ3v) is 4.48. The second kappa shape index (κ2) is 13.9. The Labute approximate surface area is 184 Å². The highest BCUT2D eigenvalue weighted by Crippen LogP contribution is 2.30. The van der Waals surface area contributed by atoms with Crippen LogP contribution in [0.5, 0.6) is 11.5 Å². The van der Waals surface area contributed by atoms with Crippen LogP contribution in [0.15, 0.2) is 36.4 Å². The molecule has 28 heavy (non-hydrogen) atoms. The Kier molecular flexibility index (Phi) is 13.2. The van der Waals surface area contributed by atoms with Crippen LogP contribution in [0.25, 0.3) is 0 Å². The zero-order valence-corrected chi connectivity index (χ0v) is 18.7. The molecule has 0 heterocycles. The van der Waals surface area contributed by atoms with Crippen LogP contribution in [-0.2, 0) is 13.2 Å². The molecule has 0 radical (unpaired) electrons. The van der Waals surface area contributed by atoms with Crippen molar-refractivity contribution in [1.82, 2.24) is 0 Å². The molecule has 0 saturated carbocycles. The summed E-state index contributed by atoms with van der Waals surface area (Å²) in [6.45, 7) is 3.21. The lowest BCUT2D eigenvalue weighted by Crippen LogP contribution is -3.06. The van der Waals surface area contributed by atoms with Gasteiger partial charge < -0.3 is 44.5 Å². The quantitative estimate of drug-likeness (QED) is 0.357. The Morgan fingerprint density at radius 1 is 1.11 bits per heavy atom. The van der Waals surface area contributed by atoms with E-state index in [9.17, 15) is 4.39 Å². The zero-order chi connectivity index (χ0) is 18.9. The molecule has 2 aromatic rings. The number of benzene rings is 2. The third-order valence-electron chi connectivity index (χ3n) is 4.13. The van der Waals surface area contributed by atoms with Crippen molar-refractivity contribution in [2.45, 2.75) is 19.6 Å². The highest BCUT2D eigenvalue weighted by Gasteiger charge is 2.11. The summed E-state index contributed by atoms with van der Waals surface area (Å²) in [5.74, 6) is 0.843. The van der Waals surface area contributed by atoms with Crippen molar-refractivity contribution in [1.29, 1.82) is 0 Å². The minimum absolute atomic E-state index is 0. The SMILES string of the molecule is COc1cc(C[NH2+]CCC[NH+](C)C)ccc1OCc1c(F)cccc1Cl.[Cl-].[Cl-].